The van der Waals surface area contributed by atoms with Crippen LogP contribution in [0.4, 0.5) is 5.69 Å². The molecular weight excluding hydrogens is 436 g/mol. The number of primary amides is 1. The van der Waals surface area contributed by atoms with Gasteiger partial charge >= 0.3 is 0 Å². The molecule has 4 rings (SSSR count). The molecule has 3 N–H and O–H groups in total. The van der Waals surface area contributed by atoms with Gasteiger partial charge in [0.2, 0.25) is 11.8 Å². The van der Waals surface area contributed by atoms with E-state index in [0.717, 1.165) is 12.0 Å². The molecule has 0 fully saturated rings. The summed E-state index contributed by atoms with van der Waals surface area (Å²) in [6, 6.07) is 21.2. The lowest BCUT2D eigenvalue weighted by Crippen LogP contribution is -2.23. The number of nitrogens with zero attached hydrogens (tertiary/aromatic N) is 2. The number of rotatable bonds is 7. The van der Waals surface area contributed by atoms with E-state index in [1.54, 1.807) is 47.0 Å². The van der Waals surface area contributed by atoms with Crippen LogP contribution < -0.4 is 16.6 Å². The Morgan fingerprint density at radius 1 is 1.00 bits per heavy atom. The van der Waals surface area contributed by atoms with Gasteiger partial charge in [0, 0.05) is 11.3 Å². The Labute approximate surface area is 194 Å². The van der Waals surface area contributed by atoms with Crippen LogP contribution >= 0.6 is 11.8 Å². The predicted molar refractivity (Wildman–Crippen MR) is 131 cm³/mol. The molecule has 0 aliphatic heterocycles. The zero-order valence-corrected chi connectivity index (χ0v) is 18.8. The van der Waals surface area contributed by atoms with Crippen molar-refractivity contribution in [3.63, 3.8) is 0 Å². The number of hydrogen-bond donors (Lipinski definition) is 2. The Bertz CT molecular complexity index is 1380. The quantitative estimate of drug-likeness (QED) is 0.324. The van der Waals surface area contributed by atoms with Crippen LogP contribution in [0.15, 0.2) is 82.7 Å². The van der Waals surface area contributed by atoms with Gasteiger partial charge in [0.1, 0.15) is 0 Å². The van der Waals surface area contributed by atoms with Crippen LogP contribution in [0.3, 0.4) is 0 Å². The highest BCUT2D eigenvalue weighted by molar-refractivity contribution is 7.99. The molecule has 0 atom stereocenters. The van der Waals surface area contributed by atoms with Crippen molar-refractivity contribution in [1.82, 2.24) is 9.55 Å². The molecule has 1 heterocycles. The standard InChI is InChI=1S/C25H22N4O3S/c1-2-16-7-13-19(14-8-16)29-24(32)20-5-3-4-6-21(20)28-25(29)33-15-22(30)27-18-11-9-17(10-12-18)23(26)31/h3-14H,2,15H2,1H3,(H2,26,31)(H,27,30). The number of carbonyl (C=O) groups excluding carboxylic acids is 2. The number of para-hydroxylation sites is 1. The van der Waals surface area contributed by atoms with Crippen LogP contribution in [0.5, 0.6) is 0 Å². The average Bonchev–Trinajstić information content (AvgIpc) is 2.83. The second kappa shape index (κ2) is 9.70. The highest BCUT2D eigenvalue weighted by Crippen LogP contribution is 2.22. The number of hydrogen-bond acceptors (Lipinski definition) is 5. The fourth-order valence-corrected chi connectivity index (χ4v) is 4.18. The number of nitrogens with two attached hydrogens (primary N) is 1. The smallest absolute Gasteiger partial charge is 0.266 e. The molecule has 33 heavy (non-hydrogen) atoms. The molecule has 0 bridgehead atoms. The van der Waals surface area contributed by atoms with Crippen molar-refractivity contribution in [1.29, 1.82) is 0 Å². The molecule has 0 saturated heterocycles. The molecule has 0 spiro atoms. The maximum Gasteiger partial charge on any atom is 0.266 e. The van der Waals surface area contributed by atoms with E-state index in [9.17, 15) is 14.4 Å². The van der Waals surface area contributed by atoms with Crippen molar-refractivity contribution >= 4 is 40.2 Å². The van der Waals surface area contributed by atoms with E-state index in [2.05, 4.69) is 17.2 Å². The van der Waals surface area contributed by atoms with Crippen molar-refractivity contribution in [3.8, 4) is 5.69 Å². The molecule has 3 aromatic carbocycles. The molecule has 2 amide bonds. The van der Waals surface area contributed by atoms with Crippen LogP contribution in [0.25, 0.3) is 16.6 Å². The van der Waals surface area contributed by atoms with E-state index >= 15 is 0 Å². The molecule has 0 unspecified atom stereocenters. The number of anilines is 1. The fourth-order valence-electron chi connectivity index (χ4n) is 3.36. The average molecular weight is 459 g/mol. The summed E-state index contributed by atoms with van der Waals surface area (Å²) < 4.78 is 1.54. The number of benzene rings is 3. The zero-order chi connectivity index (χ0) is 23.4. The topological polar surface area (TPSA) is 107 Å². The zero-order valence-electron chi connectivity index (χ0n) is 17.9. The second-order valence-corrected chi connectivity index (χ2v) is 8.29. The van der Waals surface area contributed by atoms with Gasteiger partial charge < -0.3 is 11.1 Å². The van der Waals surface area contributed by atoms with E-state index in [0.29, 0.717) is 33.0 Å². The lowest BCUT2D eigenvalue weighted by molar-refractivity contribution is -0.113. The predicted octanol–water partition coefficient (Wildman–Crippen LogP) is 3.78. The van der Waals surface area contributed by atoms with Gasteiger partial charge in [-0.1, -0.05) is 43.0 Å². The maximum absolute atomic E-state index is 13.3. The molecule has 8 heteroatoms. The van der Waals surface area contributed by atoms with E-state index in [4.69, 9.17) is 5.73 Å². The van der Waals surface area contributed by atoms with Crippen LogP contribution in [-0.2, 0) is 11.2 Å². The molecule has 166 valence electrons. The number of thioether (sulfide) groups is 1. The van der Waals surface area contributed by atoms with Gasteiger partial charge in [-0.05, 0) is 60.5 Å². The van der Waals surface area contributed by atoms with Crippen molar-refractivity contribution in [3.05, 3.63) is 94.3 Å². The first-order valence-corrected chi connectivity index (χ1v) is 11.4. The Hall–Kier alpha value is -3.91. The van der Waals surface area contributed by atoms with Gasteiger partial charge in [-0.2, -0.15) is 0 Å². The Morgan fingerprint density at radius 3 is 2.36 bits per heavy atom. The molecule has 0 aliphatic rings. The number of amides is 2. The maximum atomic E-state index is 13.3. The summed E-state index contributed by atoms with van der Waals surface area (Å²) in [5, 5.41) is 3.72. The number of aromatic nitrogens is 2. The Balaban J connectivity index is 1.61. The molecular formula is C25H22N4O3S. The Kier molecular flexibility index (Phi) is 6.55. The SMILES string of the molecule is CCc1ccc(-n2c(SCC(=O)Nc3ccc(C(N)=O)cc3)nc3ccccc3c2=O)cc1. The monoisotopic (exact) mass is 458 g/mol. The minimum Gasteiger partial charge on any atom is -0.366 e. The van der Waals surface area contributed by atoms with Gasteiger partial charge in [0.15, 0.2) is 5.16 Å². The summed E-state index contributed by atoms with van der Waals surface area (Å²) in [6.45, 7) is 2.07. The van der Waals surface area contributed by atoms with E-state index in [1.807, 2.05) is 30.3 Å². The lowest BCUT2D eigenvalue weighted by Gasteiger charge is -2.14. The first kappa shape index (κ1) is 22.3. The largest absolute Gasteiger partial charge is 0.366 e. The third-order valence-electron chi connectivity index (χ3n) is 5.13. The molecule has 0 aliphatic carbocycles. The summed E-state index contributed by atoms with van der Waals surface area (Å²) in [5.41, 5.74) is 8.40. The number of fused-ring (bicyclic) bond motifs is 1. The highest BCUT2D eigenvalue weighted by atomic mass is 32.2. The molecule has 1 aromatic heterocycles. The number of nitrogens with one attached hydrogen (secondary N) is 1. The molecule has 4 aromatic rings. The molecule has 0 saturated carbocycles. The summed E-state index contributed by atoms with van der Waals surface area (Å²) in [6.07, 6.45) is 0.896. The number of carbonyl (C=O) groups is 2. The lowest BCUT2D eigenvalue weighted by atomic mass is 10.1. The first-order chi connectivity index (χ1) is 16.0. The minimum absolute atomic E-state index is 0.0510. The fraction of sp³-hybridized carbons (Fsp3) is 0.120. The summed E-state index contributed by atoms with van der Waals surface area (Å²) in [4.78, 5) is 41.7. The van der Waals surface area contributed by atoms with E-state index in [1.165, 1.54) is 11.8 Å². The van der Waals surface area contributed by atoms with Crippen molar-refractivity contribution in [2.75, 3.05) is 11.1 Å². The summed E-state index contributed by atoms with van der Waals surface area (Å²) in [5.74, 6) is -0.743. The normalized spacial score (nSPS) is 10.8. The van der Waals surface area contributed by atoms with Crippen LogP contribution in [0.1, 0.15) is 22.8 Å². The third kappa shape index (κ3) is 4.96. The van der Waals surface area contributed by atoms with Crippen molar-refractivity contribution < 1.29 is 9.59 Å². The van der Waals surface area contributed by atoms with Crippen LogP contribution in [-0.4, -0.2) is 27.1 Å². The number of aryl methyl sites for hydroxylation is 1. The second-order valence-electron chi connectivity index (χ2n) is 7.35. The molecule has 0 radical (unpaired) electrons. The third-order valence-corrected chi connectivity index (χ3v) is 6.07. The highest BCUT2D eigenvalue weighted by Gasteiger charge is 2.15. The van der Waals surface area contributed by atoms with Crippen LogP contribution in [0, 0.1) is 0 Å². The molecule has 7 nitrogen and oxygen atoms in total. The summed E-state index contributed by atoms with van der Waals surface area (Å²) >= 11 is 1.18. The van der Waals surface area contributed by atoms with Gasteiger partial charge in [0.25, 0.3) is 5.56 Å². The van der Waals surface area contributed by atoms with Gasteiger partial charge in [-0.3, -0.25) is 19.0 Å². The van der Waals surface area contributed by atoms with E-state index < -0.39 is 5.91 Å². The Morgan fingerprint density at radius 2 is 1.70 bits per heavy atom. The van der Waals surface area contributed by atoms with E-state index in [-0.39, 0.29) is 17.2 Å². The van der Waals surface area contributed by atoms with Gasteiger partial charge in [-0.25, -0.2) is 4.98 Å². The minimum atomic E-state index is -0.532. The van der Waals surface area contributed by atoms with Crippen molar-refractivity contribution in [2.24, 2.45) is 5.73 Å². The first-order valence-electron chi connectivity index (χ1n) is 10.4. The van der Waals surface area contributed by atoms with Gasteiger partial charge in [-0.15, -0.1) is 0 Å². The van der Waals surface area contributed by atoms with Crippen molar-refractivity contribution in [2.45, 2.75) is 18.5 Å². The van der Waals surface area contributed by atoms with Gasteiger partial charge in [0.05, 0.1) is 22.3 Å². The summed E-state index contributed by atoms with van der Waals surface area (Å²) in [7, 11) is 0. The van der Waals surface area contributed by atoms with Crippen LogP contribution in [0.2, 0.25) is 0 Å².